The molecule has 2 heteroatoms. The molecule has 0 radical (unpaired) electrons. The van der Waals surface area contributed by atoms with Gasteiger partial charge in [0.25, 0.3) is 0 Å². The van der Waals surface area contributed by atoms with Crippen molar-refractivity contribution in [3.63, 3.8) is 0 Å². The van der Waals surface area contributed by atoms with Gasteiger partial charge < -0.3 is 5.41 Å². The van der Waals surface area contributed by atoms with Crippen LogP contribution in [-0.2, 0) is 10.2 Å². The van der Waals surface area contributed by atoms with Gasteiger partial charge in [-0.15, -0.1) is 0 Å². The summed E-state index contributed by atoms with van der Waals surface area (Å²) in [6.07, 6.45) is 0.500. The third-order valence-corrected chi connectivity index (χ3v) is 1.64. The van der Waals surface area contributed by atoms with E-state index >= 15 is 0 Å². The van der Waals surface area contributed by atoms with Gasteiger partial charge in [0.15, 0.2) is 0 Å². The van der Waals surface area contributed by atoms with Gasteiger partial charge in [-0.1, -0.05) is 51.1 Å². The molecule has 70 valence electrons. The predicted molar refractivity (Wildman–Crippen MR) is 54.2 cm³/mol. The molecule has 0 aliphatic carbocycles. The van der Waals surface area contributed by atoms with Crippen molar-refractivity contribution in [1.82, 2.24) is 0 Å². The van der Waals surface area contributed by atoms with Crippen LogP contribution in [0.15, 0.2) is 30.3 Å². The van der Waals surface area contributed by atoms with Crippen molar-refractivity contribution in [2.75, 3.05) is 0 Å². The number of carbonyl (C=O) groups excluding carboxylic acids is 1. The number of nitrogens with zero attached hydrogens (tertiary/aromatic N) is 1. The van der Waals surface area contributed by atoms with Crippen LogP contribution in [0, 0.1) is 0 Å². The molecule has 0 atom stereocenters. The molecule has 0 aromatic heterocycles. The van der Waals surface area contributed by atoms with Crippen molar-refractivity contribution in [2.45, 2.75) is 26.2 Å². The van der Waals surface area contributed by atoms with Gasteiger partial charge in [-0.25, -0.2) is 0 Å². The lowest BCUT2D eigenvalue weighted by molar-refractivity contribution is 0.569. The highest BCUT2D eigenvalue weighted by molar-refractivity contribution is 5.36. The smallest absolute Gasteiger partial charge is 0.0132 e. The molecule has 13 heavy (non-hydrogen) atoms. The van der Waals surface area contributed by atoms with Gasteiger partial charge in [0.1, 0.15) is 0 Å². The Labute approximate surface area is 79.1 Å². The number of benzene rings is 1. The Morgan fingerprint density at radius 1 is 1.15 bits per heavy atom. The fraction of sp³-hybridized carbons (Fsp3) is 0.364. The molecule has 0 saturated heterocycles. The van der Waals surface area contributed by atoms with Crippen LogP contribution in [0.1, 0.15) is 26.3 Å². The zero-order chi connectivity index (χ0) is 10.3. The lowest BCUT2D eigenvalue weighted by atomic mass is 9.87. The first kappa shape index (κ1) is 11.6. The van der Waals surface area contributed by atoms with Gasteiger partial charge in [-0.05, 0) is 17.1 Å². The maximum Gasteiger partial charge on any atom is -0.0132 e. The van der Waals surface area contributed by atoms with Crippen LogP contribution in [0.2, 0.25) is 0 Å². The quantitative estimate of drug-likeness (QED) is 0.442. The summed E-state index contributed by atoms with van der Waals surface area (Å²) in [4.78, 5) is 8.24. The van der Waals surface area contributed by atoms with Crippen molar-refractivity contribution in [3.8, 4) is 0 Å². The van der Waals surface area contributed by atoms with Crippen LogP contribution in [0.25, 0.3) is 5.41 Å². The summed E-state index contributed by atoms with van der Waals surface area (Å²) in [5.74, 6) is 0. The van der Waals surface area contributed by atoms with Gasteiger partial charge in [0, 0.05) is 0 Å². The summed E-state index contributed by atoms with van der Waals surface area (Å²) in [6, 6.07) is 10.6. The molecule has 1 rings (SSSR count). The van der Waals surface area contributed by atoms with Gasteiger partial charge in [-0.3, -0.25) is 4.79 Å². The van der Waals surface area contributed by atoms with Gasteiger partial charge >= 0.3 is 0 Å². The fourth-order valence-corrected chi connectivity index (χ4v) is 0.938. The van der Waals surface area contributed by atoms with Crippen LogP contribution in [0.5, 0.6) is 0 Å². The van der Waals surface area contributed by atoms with E-state index < -0.39 is 0 Å². The molecule has 0 saturated carbocycles. The van der Waals surface area contributed by atoms with E-state index in [4.69, 9.17) is 10.2 Å². The van der Waals surface area contributed by atoms with Crippen LogP contribution in [0.4, 0.5) is 0 Å². The highest BCUT2D eigenvalue weighted by Crippen LogP contribution is 2.20. The zero-order valence-corrected chi connectivity index (χ0v) is 8.24. The third-order valence-electron chi connectivity index (χ3n) is 1.64. The predicted octanol–water partition coefficient (Wildman–Crippen LogP) is 2.88. The topological polar surface area (TPSA) is 39.4 Å². The lowest BCUT2D eigenvalue weighted by Crippen LogP contribution is -2.10. The molecule has 0 amide bonds. The Morgan fingerprint density at radius 3 is 1.77 bits per heavy atom. The van der Waals surface area contributed by atoms with E-state index in [1.807, 2.05) is 0 Å². The molecular weight excluding hydrogens is 162 g/mol. The highest BCUT2D eigenvalue weighted by Gasteiger charge is 2.11. The second kappa shape index (κ2) is 5.28. The minimum Gasteiger partial charge on any atom is -0.724 e. The van der Waals surface area contributed by atoms with E-state index in [9.17, 15) is 0 Å². The molecule has 0 aliphatic heterocycles. The second-order valence-corrected chi connectivity index (χ2v) is 3.71. The summed E-state index contributed by atoms with van der Waals surface area (Å²) < 4.78 is 0. The first-order valence-electron chi connectivity index (χ1n) is 4.09. The minimum atomic E-state index is 0.293. The molecule has 0 aliphatic rings. The molecule has 1 aromatic rings. The summed E-state index contributed by atoms with van der Waals surface area (Å²) >= 11 is 0. The highest BCUT2D eigenvalue weighted by atomic mass is 16.1. The molecule has 0 fully saturated rings. The second-order valence-electron chi connectivity index (χ2n) is 3.71. The van der Waals surface area contributed by atoms with Crippen molar-refractivity contribution in [3.05, 3.63) is 41.3 Å². The van der Waals surface area contributed by atoms with Crippen molar-refractivity contribution >= 4 is 6.08 Å². The molecular formula is C11H14NO-. The largest absolute Gasteiger partial charge is 0.724 e. The summed E-state index contributed by atoms with van der Waals surface area (Å²) in [5.41, 5.74) is 1.69. The van der Waals surface area contributed by atoms with Gasteiger partial charge in [0.2, 0.25) is 0 Å². The van der Waals surface area contributed by atoms with Crippen molar-refractivity contribution < 1.29 is 4.79 Å². The van der Waals surface area contributed by atoms with Crippen LogP contribution in [-0.4, -0.2) is 6.08 Å². The summed E-state index contributed by atoms with van der Waals surface area (Å²) in [5, 5.41) is 6.76. The van der Waals surface area contributed by atoms with Gasteiger partial charge in [0.05, 0.1) is 0 Å². The van der Waals surface area contributed by atoms with Crippen molar-refractivity contribution in [2.24, 2.45) is 0 Å². The summed E-state index contributed by atoms with van der Waals surface area (Å²) in [7, 11) is 0. The average Bonchev–Trinajstić information content (AvgIpc) is 2.06. The van der Waals surface area contributed by atoms with E-state index in [2.05, 4.69) is 51.1 Å². The van der Waals surface area contributed by atoms with E-state index in [-0.39, 0.29) is 0 Å². The maximum atomic E-state index is 8.24. The Balaban J connectivity index is 0.000000424. The van der Waals surface area contributed by atoms with Gasteiger partial charge in [-0.2, -0.15) is 0 Å². The zero-order valence-electron chi connectivity index (χ0n) is 8.24. The Kier molecular flexibility index (Phi) is 4.71. The third kappa shape index (κ3) is 4.94. The number of isocyanates is 1. The Bertz CT molecular complexity index is 266. The molecule has 0 heterocycles. The molecule has 0 bridgehead atoms. The van der Waals surface area contributed by atoms with E-state index in [0.717, 1.165) is 0 Å². The number of hydrogen-bond donors (Lipinski definition) is 0. The fourth-order valence-electron chi connectivity index (χ4n) is 0.938. The normalized spacial score (nSPS) is 9.46. The molecule has 1 aromatic carbocycles. The maximum absolute atomic E-state index is 8.24. The number of hydrogen-bond acceptors (Lipinski definition) is 1. The molecule has 0 unspecified atom stereocenters. The van der Waals surface area contributed by atoms with Crippen LogP contribution in [0.3, 0.4) is 0 Å². The van der Waals surface area contributed by atoms with Crippen molar-refractivity contribution in [1.29, 1.82) is 0 Å². The standard InChI is InChI=1S/C10H14.CNO/c1-10(2,3)9-7-5-4-6-8-9;2-1-3/h4-8H,1-3H3;/q;-1. The first-order chi connectivity index (χ1) is 6.02. The van der Waals surface area contributed by atoms with E-state index in [1.165, 1.54) is 5.56 Å². The molecule has 0 spiro atoms. The van der Waals surface area contributed by atoms with E-state index in [0.29, 0.717) is 11.5 Å². The number of rotatable bonds is 0. The van der Waals surface area contributed by atoms with E-state index in [1.54, 1.807) is 0 Å². The Hall–Kier alpha value is -1.40. The molecule has 0 N–H and O–H groups in total. The first-order valence-corrected chi connectivity index (χ1v) is 4.09. The lowest BCUT2D eigenvalue weighted by Gasteiger charge is -2.18. The molecule has 2 nitrogen and oxygen atoms in total. The van der Waals surface area contributed by atoms with Crippen LogP contribution >= 0.6 is 0 Å². The monoisotopic (exact) mass is 176 g/mol. The Morgan fingerprint density at radius 2 is 1.54 bits per heavy atom. The minimum absolute atomic E-state index is 0.293. The summed E-state index contributed by atoms with van der Waals surface area (Å²) in [6.45, 7) is 6.67. The van der Waals surface area contributed by atoms with Crippen LogP contribution < -0.4 is 0 Å². The average molecular weight is 176 g/mol. The SMILES string of the molecule is CC(C)(C)c1ccccc1.[N-]=C=O.